The first-order chi connectivity index (χ1) is 12.6. The Kier molecular flexibility index (Phi) is 4.60. The number of fused-ring (bicyclic) bond motifs is 2. The van der Waals surface area contributed by atoms with Gasteiger partial charge in [0.1, 0.15) is 0 Å². The van der Waals surface area contributed by atoms with Crippen molar-refractivity contribution in [3.63, 3.8) is 0 Å². The van der Waals surface area contributed by atoms with Gasteiger partial charge in [-0.15, -0.1) is 0 Å². The second-order valence-electron chi connectivity index (χ2n) is 9.22. The van der Waals surface area contributed by atoms with Crippen molar-refractivity contribution in [2.45, 2.75) is 81.5 Å². The number of hydrogen-bond donors (Lipinski definition) is 0. The molecular weight excluding hydrogens is 359 g/mol. The van der Waals surface area contributed by atoms with E-state index in [-0.39, 0.29) is 28.8 Å². The van der Waals surface area contributed by atoms with Crippen LogP contribution < -0.4 is 5.46 Å². The zero-order valence-corrected chi connectivity index (χ0v) is 17.5. The minimum absolute atomic E-state index is 0.178. The van der Waals surface area contributed by atoms with Crippen LogP contribution in [0.2, 0.25) is 0 Å². The largest absolute Gasteiger partial charge is 0.494 e. The standard InChI is InChI=1S/C21H29BO4S/c1-20(2)21(3,4)26-22(25-20)17-8-5-7-15(12-17)11-16-13-18-9-6-10-19(14-16)27(18,23)24/h5,7-8,12-13,18-19H,6,9-11,14H2,1-4H3. The molecule has 3 heterocycles. The smallest absolute Gasteiger partial charge is 0.399 e. The van der Waals surface area contributed by atoms with Crippen molar-refractivity contribution in [1.29, 1.82) is 0 Å². The van der Waals surface area contributed by atoms with E-state index in [0.29, 0.717) is 6.42 Å². The fourth-order valence-corrected chi connectivity index (χ4v) is 6.68. The molecule has 3 aliphatic rings. The Labute approximate surface area is 163 Å². The lowest BCUT2D eigenvalue weighted by Gasteiger charge is -2.33. The van der Waals surface area contributed by atoms with Gasteiger partial charge in [0.15, 0.2) is 9.84 Å². The summed E-state index contributed by atoms with van der Waals surface area (Å²) in [5, 5.41) is -0.450. The van der Waals surface area contributed by atoms with E-state index in [0.717, 1.165) is 31.1 Å². The average molecular weight is 388 g/mol. The quantitative estimate of drug-likeness (QED) is 0.590. The number of hydrogen-bond acceptors (Lipinski definition) is 4. The van der Waals surface area contributed by atoms with E-state index in [1.165, 1.54) is 11.1 Å². The highest BCUT2D eigenvalue weighted by molar-refractivity contribution is 7.92. The number of allylic oxidation sites excluding steroid dienone is 1. The van der Waals surface area contributed by atoms with Gasteiger partial charge < -0.3 is 9.31 Å². The molecule has 0 N–H and O–H groups in total. The second kappa shape index (κ2) is 6.46. The van der Waals surface area contributed by atoms with E-state index >= 15 is 0 Å². The Hall–Kier alpha value is -1.11. The van der Waals surface area contributed by atoms with E-state index in [2.05, 4.69) is 39.8 Å². The number of rotatable bonds is 3. The molecule has 0 saturated carbocycles. The maximum atomic E-state index is 12.5. The van der Waals surface area contributed by atoms with Gasteiger partial charge in [0.25, 0.3) is 0 Å². The summed E-state index contributed by atoms with van der Waals surface area (Å²) in [7, 11) is -3.32. The van der Waals surface area contributed by atoms with E-state index < -0.39 is 9.84 Å². The summed E-state index contributed by atoms with van der Waals surface area (Å²) in [6.07, 6.45) is 6.11. The molecule has 4 rings (SSSR count). The molecule has 2 fully saturated rings. The lowest BCUT2D eigenvalue weighted by molar-refractivity contribution is 0.00578. The van der Waals surface area contributed by atoms with Gasteiger partial charge >= 0.3 is 7.12 Å². The van der Waals surface area contributed by atoms with Gasteiger partial charge in [-0.3, -0.25) is 0 Å². The van der Waals surface area contributed by atoms with Crippen molar-refractivity contribution in [2.24, 2.45) is 0 Å². The summed E-state index contributed by atoms with van der Waals surface area (Å²) in [4.78, 5) is 0. The Morgan fingerprint density at radius 1 is 1.11 bits per heavy atom. The zero-order valence-electron chi connectivity index (χ0n) is 16.7. The van der Waals surface area contributed by atoms with Gasteiger partial charge in [-0.2, -0.15) is 0 Å². The third kappa shape index (κ3) is 3.41. The van der Waals surface area contributed by atoms with Crippen molar-refractivity contribution < 1.29 is 17.7 Å². The average Bonchev–Trinajstić information content (AvgIpc) is 2.76. The molecule has 27 heavy (non-hydrogen) atoms. The highest BCUT2D eigenvalue weighted by Gasteiger charge is 2.51. The highest BCUT2D eigenvalue weighted by Crippen LogP contribution is 2.38. The molecule has 1 aromatic carbocycles. The maximum absolute atomic E-state index is 12.5. The Morgan fingerprint density at radius 2 is 1.81 bits per heavy atom. The lowest BCUT2D eigenvalue weighted by atomic mass is 9.78. The molecule has 1 aromatic rings. The molecule has 2 saturated heterocycles. The van der Waals surface area contributed by atoms with Crippen molar-refractivity contribution in [3.05, 3.63) is 41.5 Å². The topological polar surface area (TPSA) is 52.6 Å². The fraction of sp³-hybridized carbons (Fsp3) is 0.619. The Balaban J connectivity index is 1.54. The highest BCUT2D eigenvalue weighted by atomic mass is 32.2. The first kappa shape index (κ1) is 19.2. The van der Waals surface area contributed by atoms with E-state index in [9.17, 15) is 8.42 Å². The molecule has 0 spiro atoms. The SMILES string of the molecule is CC1(C)OB(c2cccc(CC3=CC4CCCC(C3)S4(=O)=O)c2)OC1(C)C. The van der Waals surface area contributed by atoms with E-state index in [4.69, 9.17) is 9.31 Å². The number of sulfone groups is 1. The van der Waals surface area contributed by atoms with Crippen LogP contribution in [-0.4, -0.2) is 37.2 Å². The Bertz CT molecular complexity index is 856. The van der Waals surface area contributed by atoms with Gasteiger partial charge in [0.05, 0.1) is 21.7 Å². The van der Waals surface area contributed by atoms with Crippen LogP contribution in [0.5, 0.6) is 0 Å². The minimum Gasteiger partial charge on any atom is -0.399 e. The molecule has 0 aliphatic carbocycles. The van der Waals surface area contributed by atoms with Crippen molar-refractivity contribution in [3.8, 4) is 0 Å². The molecule has 0 aromatic heterocycles. The van der Waals surface area contributed by atoms with Crippen LogP contribution >= 0.6 is 0 Å². The van der Waals surface area contributed by atoms with Crippen molar-refractivity contribution in [2.75, 3.05) is 0 Å². The van der Waals surface area contributed by atoms with Gasteiger partial charge in [0.2, 0.25) is 0 Å². The molecule has 0 amide bonds. The zero-order chi connectivity index (χ0) is 19.4. The molecule has 2 bridgehead atoms. The van der Waals surface area contributed by atoms with Crippen LogP contribution in [0.25, 0.3) is 0 Å². The van der Waals surface area contributed by atoms with Gasteiger partial charge in [-0.05, 0) is 64.4 Å². The van der Waals surface area contributed by atoms with E-state index in [1.54, 1.807) is 0 Å². The third-order valence-corrected chi connectivity index (χ3v) is 9.27. The van der Waals surface area contributed by atoms with Crippen LogP contribution in [0, 0.1) is 0 Å². The third-order valence-electron chi connectivity index (χ3n) is 6.72. The summed E-state index contributed by atoms with van der Waals surface area (Å²) in [6.45, 7) is 8.23. The van der Waals surface area contributed by atoms with Crippen LogP contribution in [-0.2, 0) is 25.6 Å². The van der Waals surface area contributed by atoms with Crippen molar-refractivity contribution in [1.82, 2.24) is 0 Å². The molecule has 6 heteroatoms. The first-order valence-electron chi connectivity index (χ1n) is 9.95. The van der Waals surface area contributed by atoms with Crippen LogP contribution in [0.3, 0.4) is 0 Å². The van der Waals surface area contributed by atoms with Gasteiger partial charge in [-0.25, -0.2) is 8.42 Å². The summed E-state index contributed by atoms with van der Waals surface area (Å²) in [6, 6.07) is 8.33. The van der Waals surface area contributed by atoms with Crippen molar-refractivity contribution >= 4 is 22.4 Å². The summed E-state index contributed by atoms with van der Waals surface area (Å²) in [5.74, 6) is 0. The van der Waals surface area contributed by atoms with Crippen LogP contribution in [0.1, 0.15) is 58.9 Å². The Morgan fingerprint density at radius 3 is 2.48 bits per heavy atom. The maximum Gasteiger partial charge on any atom is 0.494 e. The molecule has 0 radical (unpaired) electrons. The summed E-state index contributed by atoms with van der Waals surface area (Å²) >= 11 is 0. The second-order valence-corrected chi connectivity index (χ2v) is 11.7. The van der Waals surface area contributed by atoms with Gasteiger partial charge in [0, 0.05) is 0 Å². The first-order valence-corrected chi connectivity index (χ1v) is 11.6. The molecule has 4 nitrogen and oxygen atoms in total. The molecule has 3 aliphatic heterocycles. The molecular formula is C21H29BO4S. The van der Waals surface area contributed by atoms with Crippen LogP contribution in [0.4, 0.5) is 0 Å². The molecule has 2 atom stereocenters. The van der Waals surface area contributed by atoms with Crippen LogP contribution in [0.15, 0.2) is 35.9 Å². The minimum atomic E-state index is -2.95. The summed E-state index contributed by atoms with van der Waals surface area (Å²) < 4.78 is 37.3. The lowest BCUT2D eigenvalue weighted by Crippen LogP contribution is -2.41. The molecule has 2 unspecified atom stereocenters. The fourth-order valence-electron chi connectivity index (χ4n) is 4.36. The normalized spacial score (nSPS) is 30.8. The number of benzene rings is 1. The summed E-state index contributed by atoms with van der Waals surface area (Å²) in [5.41, 5.74) is 2.75. The van der Waals surface area contributed by atoms with E-state index in [1.807, 2.05) is 18.2 Å². The predicted molar refractivity (Wildman–Crippen MR) is 109 cm³/mol. The monoisotopic (exact) mass is 388 g/mol. The van der Waals surface area contributed by atoms with Gasteiger partial charge in [-0.1, -0.05) is 42.3 Å². The predicted octanol–water partition coefficient (Wildman–Crippen LogP) is 3.19. The molecule has 146 valence electrons.